The van der Waals surface area contributed by atoms with E-state index >= 15 is 0 Å². The van der Waals surface area contributed by atoms with E-state index < -0.39 is 11.9 Å². The van der Waals surface area contributed by atoms with E-state index in [-0.39, 0.29) is 20.0 Å². The van der Waals surface area contributed by atoms with Crippen LogP contribution < -0.4 is 9.64 Å². The number of benzene rings is 2. The van der Waals surface area contributed by atoms with Crippen molar-refractivity contribution in [2.75, 3.05) is 18.0 Å². The van der Waals surface area contributed by atoms with Crippen molar-refractivity contribution >= 4 is 5.69 Å². The third-order valence-corrected chi connectivity index (χ3v) is 5.56. The summed E-state index contributed by atoms with van der Waals surface area (Å²) in [5.41, 5.74) is 4.23. The number of pyridine rings is 1. The second-order valence-corrected chi connectivity index (χ2v) is 7.57. The zero-order valence-electron chi connectivity index (χ0n) is 16.8. The van der Waals surface area contributed by atoms with Gasteiger partial charge < -0.3 is 19.8 Å². The molecule has 3 aromatic rings. The predicted octanol–water partition coefficient (Wildman–Crippen LogP) is 4.01. The highest BCUT2D eigenvalue weighted by molar-refractivity contribution is 5.56. The Kier molecular flexibility index (Phi) is 5.97. The van der Waals surface area contributed by atoms with Crippen molar-refractivity contribution in [1.29, 1.82) is 0 Å². The van der Waals surface area contributed by atoms with Gasteiger partial charge in [0.1, 0.15) is 12.2 Å². The van der Waals surface area contributed by atoms with E-state index in [9.17, 15) is 14.6 Å². The first-order valence-corrected chi connectivity index (χ1v) is 10.1. The average Bonchev–Trinajstić information content (AvgIpc) is 3.23. The smallest absolute Gasteiger partial charge is 0.250 e. The molecular weight excluding hydrogens is 383 g/mol. The van der Waals surface area contributed by atoms with E-state index in [2.05, 4.69) is 9.88 Å². The van der Waals surface area contributed by atoms with Gasteiger partial charge in [-0.15, -0.1) is 0 Å². The summed E-state index contributed by atoms with van der Waals surface area (Å²) in [5, 5.41) is 20.8. The molecule has 1 aliphatic rings. The van der Waals surface area contributed by atoms with Gasteiger partial charge in [0, 0.05) is 31.8 Å². The molecule has 5 nitrogen and oxygen atoms in total. The van der Waals surface area contributed by atoms with E-state index in [1.54, 1.807) is 0 Å². The van der Waals surface area contributed by atoms with Crippen LogP contribution in [0.25, 0.3) is 0 Å². The fourth-order valence-electron chi connectivity index (χ4n) is 3.94. The van der Waals surface area contributed by atoms with Gasteiger partial charge in [0.15, 0.2) is 5.82 Å². The molecule has 158 valence electrons. The number of aliphatic hydroxyl groups excluding tert-OH is 2. The molecule has 0 amide bonds. The van der Waals surface area contributed by atoms with Crippen molar-refractivity contribution in [3.05, 3.63) is 88.9 Å². The van der Waals surface area contributed by atoms with Crippen LogP contribution in [0.2, 0.25) is 0 Å². The molecule has 30 heavy (non-hydrogen) atoms. The number of hydrogen-bond acceptors (Lipinski definition) is 5. The Labute approximate surface area is 176 Å². The topological polar surface area (TPSA) is 65.8 Å². The van der Waals surface area contributed by atoms with Crippen LogP contribution in [0.15, 0.2) is 60.8 Å². The number of halogens is 1. The molecule has 2 heterocycles. The van der Waals surface area contributed by atoms with Gasteiger partial charge in [0.25, 0.3) is 5.88 Å². The minimum absolute atomic E-state index is 0. The average molecular weight is 410 g/mol. The van der Waals surface area contributed by atoms with Crippen LogP contribution in [0.5, 0.6) is 5.88 Å². The number of aliphatic hydroxyl groups is 2. The summed E-state index contributed by atoms with van der Waals surface area (Å²) in [5.74, 6) is -0.454. The van der Waals surface area contributed by atoms with Crippen molar-refractivity contribution in [2.45, 2.75) is 32.2 Å². The lowest BCUT2D eigenvalue weighted by atomic mass is 9.95. The van der Waals surface area contributed by atoms with Gasteiger partial charge >= 0.3 is 0 Å². The summed E-state index contributed by atoms with van der Waals surface area (Å²) in [6.45, 7) is 3.13. The Morgan fingerprint density at radius 3 is 2.83 bits per heavy atom. The summed E-state index contributed by atoms with van der Waals surface area (Å²) in [6.07, 6.45) is 1.30. The molecule has 1 saturated heterocycles. The highest BCUT2D eigenvalue weighted by Gasteiger charge is 2.27. The van der Waals surface area contributed by atoms with Crippen LogP contribution in [0.4, 0.5) is 10.1 Å². The van der Waals surface area contributed by atoms with E-state index in [0.717, 1.165) is 40.9 Å². The number of hydrogen-bond donors (Lipinski definition) is 2. The standard InChI is InChI=1S/C24H25FN2O3.H2/c1-16-5-2-3-6-20(16)23(29)17-8-9-22(18(13-17)15-28)27-12-10-19(14-27)30-24-21(25)7-4-11-26-24;/h2-9,11,13,19,23,28-29H,10,12,14-15H2,1H3;1H/t19-,23?;/m0./s1. The molecule has 1 aliphatic heterocycles. The zero-order valence-corrected chi connectivity index (χ0v) is 16.8. The Balaban J connectivity index is 0.00000272. The van der Waals surface area contributed by atoms with Gasteiger partial charge in [-0.05, 0) is 47.9 Å². The SMILES string of the molecule is Cc1ccccc1C(O)c1ccc(N2CC[C@H](Oc3ncccc3F)C2)c(CO)c1.[HH]. The quantitative estimate of drug-likeness (QED) is 0.643. The molecule has 0 aliphatic carbocycles. The van der Waals surface area contributed by atoms with Crippen molar-refractivity contribution in [2.24, 2.45) is 0 Å². The molecule has 0 spiro atoms. The molecule has 1 unspecified atom stereocenters. The molecule has 0 bridgehead atoms. The van der Waals surface area contributed by atoms with Crippen molar-refractivity contribution < 1.29 is 20.8 Å². The molecule has 2 atom stereocenters. The largest absolute Gasteiger partial charge is 0.470 e. The van der Waals surface area contributed by atoms with Crippen molar-refractivity contribution in [1.82, 2.24) is 4.98 Å². The first-order valence-electron chi connectivity index (χ1n) is 10.1. The molecule has 2 N–H and O–H groups in total. The summed E-state index contributed by atoms with van der Waals surface area (Å²) >= 11 is 0. The number of rotatable bonds is 6. The Bertz CT molecular complexity index is 1030. The fourth-order valence-corrected chi connectivity index (χ4v) is 3.94. The molecule has 6 heteroatoms. The van der Waals surface area contributed by atoms with Gasteiger partial charge in [-0.25, -0.2) is 9.37 Å². The van der Waals surface area contributed by atoms with Crippen LogP contribution in [-0.2, 0) is 6.61 Å². The highest BCUT2D eigenvalue weighted by atomic mass is 19.1. The first-order chi connectivity index (χ1) is 14.6. The van der Waals surface area contributed by atoms with Gasteiger partial charge in [-0.1, -0.05) is 30.3 Å². The highest BCUT2D eigenvalue weighted by Crippen LogP contribution is 2.32. The fraction of sp³-hybridized carbons (Fsp3) is 0.292. The monoisotopic (exact) mass is 410 g/mol. The number of nitrogens with zero attached hydrogens (tertiary/aromatic N) is 2. The predicted molar refractivity (Wildman–Crippen MR) is 115 cm³/mol. The van der Waals surface area contributed by atoms with Crippen LogP contribution in [-0.4, -0.2) is 34.4 Å². The van der Waals surface area contributed by atoms with Gasteiger partial charge in [-0.3, -0.25) is 0 Å². The second kappa shape index (κ2) is 8.81. The Morgan fingerprint density at radius 2 is 2.07 bits per heavy atom. The Hall–Kier alpha value is -2.96. The number of anilines is 1. The molecule has 1 fully saturated rings. The third-order valence-electron chi connectivity index (χ3n) is 5.56. The minimum atomic E-state index is -0.757. The number of aryl methyl sites for hydroxylation is 1. The molecule has 0 radical (unpaired) electrons. The Morgan fingerprint density at radius 1 is 1.23 bits per heavy atom. The summed E-state index contributed by atoms with van der Waals surface area (Å²) in [7, 11) is 0. The maximum atomic E-state index is 13.8. The van der Waals surface area contributed by atoms with Gasteiger partial charge in [-0.2, -0.15) is 0 Å². The lowest BCUT2D eigenvalue weighted by Crippen LogP contribution is -2.26. The molecule has 0 saturated carbocycles. The maximum Gasteiger partial charge on any atom is 0.250 e. The van der Waals surface area contributed by atoms with E-state index in [1.165, 1.54) is 18.3 Å². The zero-order chi connectivity index (χ0) is 21.1. The third kappa shape index (κ3) is 4.15. The summed E-state index contributed by atoms with van der Waals surface area (Å²) < 4.78 is 19.5. The van der Waals surface area contributed by atoms with E-state index in [4.69, 9.17) is 4.74 Å². The van der Waals surface area contributed by atoms with Crippen LogP contribution >= 0.6 is 0 Å². The van der Waals surface area contributed by atoms with Gasteiger partial charge in [0.2, 0.25) is 0 Å². The second-order valence-electron chi connectivity index (χ2n) is 7.57. The van der Waals surface area contributed by atoms with Crippen LogP contribution in [0.3, 0.4) is 0 Å². The van der Waals surface area contributed by atoms with Crippen LogP contribution in [0.1, 0.15) is 36.2 Å². The number of aromatic nitrogens is 1. The minimum Gasteiger partial charge on any atom is -0.470 e. The van der Waals surface area contributed by atoms with Crippen molar-refractivity contribution in [3.8, 4) is 5.88 Å². The normalized spacial score (nSPS) is 17.2. The van der Waals surface area contributed by atoms with Crippen molar-refractivity contribution in [3.63, 3.8) is 0 Å². The summed E-state index contributed by atoms with van der Waals surface area (Å²) in [6, 6.07) is 16.2. The molecular formula is C24H27FN2O3. The number of ether oxygens (including phenoxy) is 1. The summed E-state index contributed by atoms with van der Waals surface area (Å²) in [4.78, 5) is 6.07. The lowest BCUT2D eigenvalue weighted by molar-refractivity contribution is 0.205. The van der Waals surface area contributed by atoms with Gasteiger partial charge in [0.05, 0.1) is 13.2 Å². The molecule has 2 aromatic carbocycles. The molecule has 1 aromatic heterocycles. The van der Waals surface area contributed by atoms with E-state index in [1.807, 2.05) is 49.4 Å². The van der Waals surface area contributed by atoms with E-state index in [0.29, 0.717) is 6.54 Å². The lowest BCUT2D eigenvalue weighted by Gasteiger charge is -2.23. The molecule has 4 rings (SSSR count). The maximum absolute atomic E-state index is 13.8. The first kappa shape index (κ1) is 20.3. The van der Waals surface area contributed by atoms with Crippen LogP contribution in [0, 0.1) is 12.7 Å².